The first-order chi connectivity index (χ1) is 14.1. The van der Waals surface area contributed by atoms with Crippen LogP contribution < -0.4 is 9.62 Å². The molecule has 0 radical (unpaired) electrons. The van der Waals surface area contributed by atoms with Gasteiger partial charge in [-0.3, -0.25) is 4.68 Å². The quantitative estimate of drug-likeness (QED) is 0.627. The third kappa shape index (κ3) is 3.88. The number of nitrogens with one attached hydrogen (secondary N) is 1. The van der Waals surface area contributed by atoms with E-state index in [1.54, 1.807) is 0 Å². The fourth-order valence-electron chi connectivity index (χ4n) is 4.38. The first-order valence-corrected chi connectivity index (χ1v) is 12.2. The Labute approximate surface area is 188 Å². The van der Waals surface area contributed by atoms with E-state index in [1.807, 2.05) is 40.0 Å². The second-order valence-corrected chi connectivity index (χ2v) is 12.0. The van der Waals surface area contributed by atoms with Gasteiger partial charge in [-0.25, -0.2) is 9.97 Å². The van der Waals surface area contributed by atoms with Crippen molar-refractivity contribution >= 4 is 33.1 Å². The average molecular weight is 497 g/mol. The van der Waals surface area contributed by atoms with Gasteiger partial charge >= 0.3 is 0 Å². The molecule has 2 N–H and O–H groups in total. The number of nitrogens with zero attached hydrogens (tertiary/aromatic N) is 5. The van der Waals surface area contributed by atoms with Crippen LogP contribution in [0.1, 0.15) is 56.7 Å². The molecule has 1 saturated heterocycles. The van der Waals surface area contributed by atoms with Crippen molar-refractivity contribution in [3.63, 3.8) is 0 Å². The number of hydrogen-bond acceptors (Lipinski definition) is 7. The van der Waals surface area contributed by atoms with E-state index < -0.39 is 11.4 Å². The molecule has 0 unspecified atom stereocenters. The van der Waals surface area contributed by atoms with Crippen LogP contribution in [0, 0.1) is 12.3 Å². The Balaban J connectivity index is 1.57. The molecule has 8 nitrogen and oxygen atoms in total. The normalized spacial score (nSPS) is 21.8. The molecular weight excluding hydrogens is 468 g/mol. The van der Waals surface area contributed by atoms with Gasteiger partial charge in [-0.2, -0.15) is 5.10 Å². The summed E-state index contributed by atoms with van der Waals surface area (Å²) in [6, 6.07) is 2.03. The summed E-state index contributed by atoms with van der Waals surface area (Å²) in [5.41, 5.74) is 2.46. The van der Waals surface area contributed by atoms with Crippen molar-refractivity contribution in [2.45, 2.75) is 64.5 Å². The van der Waals surface area contributed by atoms with Crippen LogP contribution in [0.3, 0.4) is 0 Å². The molecule has 4 rings (SSSR count). The number of piperidine rings is 1. The summed E-state index contributed by atoms with van der Waals surface area (Å²) in [6.07, 6.45) is 3.65. The number of rotatable bonds is 4. The van der Waals surface area contributed by atoms with E-state index in [1.165, 1.54) is 0 Å². The zero-order valence-electron chi connectivity index (χ0n) is 17.9. The zero-order chi connectivity index (χ0) is 21.7. The molecule has 0 saturated carbocycles. The van der Waals surface area contributed by atoms with Crippen LogP contribution in [0.15, 0.2) is 16.9 Å². The Morgan fingerprint density at radius 1 is 1.33 bits per heavy atom. The lowest BCUT2D eigenvalue weighted by Crippen LogP contribution is -2.50. The summed E-state index contributed by atoms with van der Waals surface area (Å²) in [7, 11) is 0. The van der Waals surface area contributed by atoms with E-state index in [0.29, 0.717) is 10.3 Å². The number of aryl methyl sites for hydroxylation is 1. The van der Waals surface area contributed by atoms with Crippen LogP contribution in [0.2, 0.25) is 0 Å². The number of aliphatic hydroxyl groups is 1. The summed E-state index contributed by atoms with van der Waals surface area (Å²) < 4.78 is 18.7. The molecule has 4 heterocycles. The summed E-state index contributed by atoms with van der Waals surface area (Å²) in [5, 5.41) is 14.3. The number of fused-ring (bicyclic) bond motifs is 1. The highest BCUT2D eigenvalue weighted by Crippen LogP contribution is 2.50. The predicted octanol–water partition coefficient (Wildman–Crippen LogP) is 2.63. The molecule has 164 valence electrons. The molecule has 1 spiro atoms. The van der Waals surface area contributed by atoms with Gasteiger partial charge in [0.05, 0.1) is 18.0 Å². The molecule has 2 aromatic heterocycles. The molecule has 0 aromatic carbocycles. The molecule has 1 fully saturated rings. The molecule has 0 amide bonds. The second-order valence-electron chi connectivity index (χ2n) is 9.22. The van der Waals surface area contributed by atoms with E-state index in [9.17, 15) is 9.66 Å². The monoisotopic (exact) mass is 496 g/mol. The Kier molecular flexibility index (Phi) is 5.91. The molecular formula is C20H29BrN6O2S. The molecule has 0 bridgehead atoms. The van der Waals surface area contributed by atoms with Crippen LogP contribution in [0.25, 0.3) is 0 Å². The van der Waals surface area contributed by atoms with Crippen molar-refractivity contribution < 1.29 is 9.66 Å². The lowest BCUT2D eigenvalue weighted by molar-refractivity contribution is 0.160. The minimum atomic E-state index is -1.17. The summed E-state index contributed by atoms with van der Waals surface area (Å²) in [6.45, 7) is 10.1. The van der Waals surface area contributed by atoms with Crippen LogP contribution in [0.4, 0.5) is 5.82 Å². The SMILES string of the molecule is Cc1nc(N2CCC3(CC2)Cn2nccc2[C@H]3N[S@+]([O-])C(C)(C)C)c(CO)nc1Br. The van der Waals surface area contributed by atoms with E-state index in [0.717, 1.165) is 49.7 Å². The van der Waals surface area contributed by atoms with E-state index >= 15 is 0 Å². The highest BCUT2D eigenvalue weighted by Gasteiger charge is 2.51. The van der Waals surface area contributed by atoms with Crippen molar-refractivity contribution in [3.05, 3.63) is 33.9 Å². The topological polar surface area (TPSA) is 102 Å². The minimum Gasteiger partial charge on any atom is -0.598 e. The molecule has 2 aliphatic rings. The highest BCUT2D eigenvalue weighted by molar-refractivity contribution is 9.10. The lowest BCUT2D eigenvalue weighted by atomic mass is 9.73. The predicted molar refractivity (Wildman–Crippen MR) is 120 cm³/mol. The number of anilines is 1. The van der Waals surface area contributed by atoms with Gasteiger partial charge in [-0.15, -0.1) is 4.72 Å². The maximum absolute atomic E-state index is 12.9. The van der Waals surface area contributed by atoms with E-state index in [-0.39, 0.29) is 22.8 Å². The van der Waals surface area contributed by atoms with Gasteiger partial charge in [0.1, 0.15) is 21.1 Å². The maximum Gasteiger partial charge on any atom is 0.153 e. The van der Waals surface area contributed by atoms with Crippen molar-refractivity contribution in [1.29, 1.82) is 0 Å². The van der Waals surface area contributed by atoms with Gasteiger partial charge in [-0.05, 0) is 62.5 Å². The van der Waals surface area contributed by atoms with Gasteiger partial charge in [0, 0.05) is 42.6 Å². The Hall–Kier alpha value is -1.20. The fraction of sp³-hybridized carbons (Fsp3) is 0.650. The Bertz CT molecular complexity index is 923. The summed E-state index contributed by atoms with van der Waals surface area (Å²) in [5.74, 6) is 0.756. The van der Waals surface area contributed by atoms with Gasteiger partial charge in [0.25, 0.3) is 0 Å². The standard InChI is InChI=1S/C20H29BrN6O2S/c1-13-17(21)24-14(11-28)18(23-13)26-9-6-20(7-10-26)12-27-15(5-8-22-27)16(20)25-30(29)19(2,3)4/h5,8,16,25,28H,6-7,9-12H2,1-4H3/t16-,30-/m1/s1. The van der Waals surface area contributed by atoms with Crippen LogP contribution in [-0.2, 0) is 24.5 Å². The lowest BCUT2D eigenvalue weighted by Gasteiger charge is -2.43. The zero-order valence-corrected chi connectivity index (χ0v) is 20.3. The van der Waals surface area contributed by atoms with E-state index in [2.05, 4.69) is 45.3 Å². The summed E-state index contributed by atoms with van der Waals surface area (Å²) >= 11 is 2.24. The number of halogens is 1. The number of aromatic nitrogens is 4. The van der Waals surface area contributed by atoms with Crippen molar-refractivity contribution in [1.82, 2.24) is 24.5 Å². The largest absolute Gasteiger partial charge is 0.598 e. The average Bonchev–Trinajstić information content (AvgIpc) is 3.24. The second kappa shape index (κ2) is 8.05. The van der Waals surface area contributed by atoms with Crippen LogP contribution in [-0.4, -0.2) is 47.2 Å². The molecule has 2 aromatic rings. The maximum atomic E-state index is 12.9. The van der Waals surface area contributed by atoms with Gasteiger partial charge < -0.3 is 14.6 Å². The van der Waals surface area contributed by atoms with Gasteiger partial charge in [-0.1, -0.05) is 0 Å². The Morgan fingerprint density at radius 3 is 2.67 bits per heavy atom. The fourth-order valence-corrected chi connectivity index (χ4v) is 5.62. The molecule has 10 heteroatoms. The number of hydrogen-bond donors (Lipinski definition) is 2. The third-order valence-electron chi connectivity index (χ3n) is 6.18. The molecule has 0 aliphatic carbocycles. The van der Waals surface area contributed by atoms with Crippen molar-refractivity contribution in [2.24, 2.45) is 5.41 Å². The van der Waals surface area contributed by atoms with Crippen LogP contribution in [0.5, 0.6) is 0 Å². The number of aliphatic hydroxyl groups excluding tert-OH is 1. The highest BCUT2D eigenvalue weighted by atomic mass is 79.9. The minimum absolute atomic E-state index is 0.00254. The van der Waals surface area contributed by atoms with Gasteiger partial charge in [0.2, 0.25) is 0 Å². The molecule has 2 aliphatic heterocycles. The summed E-state index contributed by atoms with van der Waals surface area (Å²) in [4.78, 5) is 11.4. The first-order valence-electron chi connectivity index (χ1n) is 10.2. The molecule has 2 atom stereocenters. The van der Waals surface area contributed by atoms with E-state index in [4.69, 9.17) is 0 Å². The Morgan fingerprint density at radius 2 is 2.03 bits per heavy atom. The first kappa shape index (κ1) is 22.0. The third-order valence-corrected chi connectivity index (χ3v) is 8.49. The smallest absolute Gasteiger partial charge is 0.153 e. The molecule has 30 heavy (non-hydrogen) atoms. The van der Waals surface area contributed by atoms with Crippen molar-refractivity contribution in [2.75, 3.05) is 18.0 Å². The van der Waals surface area contributed by atoms with Gasteiger partial charge in [0.15, 0.2) is 5.82 Å². The van der Waals surface area contributed by atoms with Crippen molar-refractivity contribution in [3.8, 4) is 0 Å². The van der Waals surface area contributed by atoms with Crippen LogP contribution >= 0.6 is 15.9 Å².